The van der Waals surface area contributed by atoms with Crippen LogP contribution in [0.4, 0.5) is 0 Å². The number of rotatable bonds is 3. The Labute approximate surface area is 115 Å². The number of aromatic amines is 1. The van der Waals surface area contributed by atoms with Gasteiger partial charge in [-0.1, -0.05) is 0 Å². The second-order valence-corrected chi connectivity index (χ2v) is 7.38. The number of ether oxygens (including phenoxy) is 1. The van der Waals surface area contributed by atoms with Crippen molar-refractivity contribution in [2.75, 3.05) is 13.2 Å². The lowest BCUT2D eigenvalue weighted by atomic mass is 9.92. The minimum atomic E-state index is -3.82. The Balaban J connectivity index is 2.10. The number of hydrogen-bond donors (Lipinski definition) is 2. The van der Waals surface area contributed by atoms with Gasteiger partial charge in [0.1, 0.15) is 10.6 Å². The van der Waals surface area contributed by atoms with Crippen molar-refractivity contribution < 1.29 is 17.9 Å². The zero-order valence-electron chi connectivity index (χ0n) is 10.4. The second kappa shape index (κ2) is 5.15. The maximum Gasteiger partial charge on any atom is 0.268 e. The molecule has 19 heavy (non-hydrogen) atoms. The van der Waals surface area contributed by atoms with Crippen LogP contribution >= 0.6 is 10.7 Å². The Morgan fingerprint density at radius 1 is 1.47 bits per heavy atom. The molecule has 0 spiro atoms. The highest BCUT2D eigenvalue weighted by molar-refractivity contribution is 8.13. The first-order chi connectivity index (χ1) is 8.80. The van der Waals surface area contributed by atoms with Gasteiger partial charge < -0.3 is 15.0 Å². The molecule has 0 unspecified atom stereocenters. The molecule has 2 rings (SSSR count). The summed E-state index contributed by atoms with van der Waals surface area (Å²) in [6.45, 7) is 3.14. The predicted molar refractivity (Wildman–Crippen MR) is 69.8 cm³/mol. The minimum Gasteiger partial charge on any atom is -0.381 e. The zero-order chi connectivity index (χ0) is 14.1. The first-order valence-electron chi connectivity index (χ1n) is 5.84. The molecule has 1 aromatic rings. The van der Waals surface area contributed by atoms with Gasteiger partial charge in [0.2, 0.25) is 0 Å². The van der Waals surface area contributed by atoms with E-state index in [0.29, 0.717) is 13.2 Å². The Morgan fingerprint density at radius 2 is 2.11 bits per heavy atom. The van der Waals surface area contributed by atoms with Crippen LogP contribution in [0, 0.1) is 0 Å². The Kier molecular flexibility index (Phi) is 3.89. The molecule has 0 atom stereocenters. The SMILES string of the molecule is CC1(NC(=O)c2cc(S(=O)(=O)Cl)c[nH]2)CCOCC1. The van der Waals surface area contributed by atoms with Crippen molar-refractivity contribution in [1.29, 1.82) is 0 Å². The van der Waals surface area contributed by atoms with Gasteiger partial charge in [-0.25, -0.2) is 8.42 Å². The molecule has 1 aliphatic rings. The fraction of sp³-hybridized carbons (Fsp3) is 0.545. The summed E-state index contributed by atoms with van der Waals surface area (Å²) in [6.07, 6.45) is 2.64. The van der Waals surface area contributed by atoms with Gasteiger partial charge >= 0.3 is 0 Å². The molecule has 106 valence electrons. The standard InChI is InChI=1S/C11H15ClN2O4S/c1-11(2-4-18-5-3-11)14-10(15)9-6-8(7-13-9)19(12,16)17/h6-7,13H,2-5H2,1H3,(H,14,15). The van der Waals surface area contributed by atoms with Crippen LogP contribution in [0.5, 0.6) is 0 Å². The third-order valence-electron chi connectivity index (χ3n) is 3.19. The van der Waals surface area contributed by atoms with E-state index in [4.69, 9.17) is 15.4 Å². The molecule has 1 aromatic heterocycles. The van der Waals surface area contributed by atoms with Gasteiger partial charge in [0.05, 0.1) is 0 Å². The van der Waals surface area contributed by atoms with Crippen molar-refractivity contribution >= 4 is 25.6 Å². The van der Waals surface area contributed by atoms with Gasteiger partial charge in [0.15, 0.2) is 0 Å². The van der Waals surface area contributed by atoms with Gasteiger partial charge in [-0.2, -0.15) is 0 Å². The van der Waals surface area contributed by atoms with Crippen LogP contribution in [0.25, 0.3) is 0 Å². The van der Waals surface area contributed by atoms with Crippen LogP contribution in [0.3, 0.4) is 0 Å². The quantitative estimate of drug-likeness (QED) is 0.822. The monoisotopic (exact) mass is 306 g/mol. The molecule has 6 nitrogen and oxygen atoms in total. The van der Waals surface area contributed by atoms with Crippen LogP contribution in [0.15, 0.2) is 17.2 Å². The van der Waals surface area contributed by atoms with Crippen LogP contribution < -0.4 is 5.32 Å². The summed E-state index contributed by atoms with van der Waals surface area (Å²) in [5.41, 5.74) is -0.160. The number of hydrogen-bond acceptors (Lipinski definition) is 4. The van der Waals surface area contributed by atoms with Gasteiger partial charge in [0.25, 0.3) is 15.0 Å². The second-order valence-electron chi connectivity index (χ2n) is 4.81. The van der Waals surface area contributed by atoms with Gasteiger partial charge in [-0.15, -0.1) is 0 Å². The third kappa shape index (κ3) is 3.49. The molecular weight excluding hydrogens is 292 g/mol. The Hall–Kier alpha value is -1.05. The topological polar surface area (TPSA) is 88.3 Å². The highest BCUT2D eigenvalue weighted by Crippen LogP contribution is 2.21. The Bertz CT molecular complexity index is 575. The first kappa shape index (κ1) is 14.4. The minimum absolute atomic E-state index is 0.114. The average molecular weight is 307 g/mol. The summed E-state index contributed by atoms with van der Waals surface area (Å²) in [4.78, 5) is 14.5. The normalized spacial score (nSPS) is 19.1. The number of nitrogens with one attached hydrogen (secondary N) is 2. The maximum atomic E-state index is 12.0. The number of carbonyl (C=O) groups is 1. The molecule has 1 fully saturated rings. The van der Waals surface area contributed by atoms with E-state index in [1.165, 1.54) is 12.3 Å². The highest BCUT2D eigenvalue weighted by Gasteiger charge is 2.30. The van der Waals surface area contributed by atoms with E-state index in [-0.39, 0.29) is 22.0 Å². The molecule has 0 bridgehead atoms. The predicted octanol–water partition coefficient (Wildman–Crippen LogP) is 1.24. The fourth-order valence-electron chi connectivity index (χ4n) is 1.93. The largest absolute Gasteiger partial charge is 0.381 e. The van der Waals surface area contributed by atoms with Crippen molar-refractivity contribution in [1.82, 2.24) is 10.3 Å². The summed E-state index contributed by atoms with van der Waals surface area (Å²) >= 11 is 0. The van der Waals surface area contributed by atoms with E-state index in [0.717, 1.165) is 12.8 Å². The van der Waals surface area contributed by atoms with Crippen LogP contribution in [0.2, 0.25) is 0 Å². The van der Waals surface area contributed by atoms with Crippen molar-refractivity contribution in [2.45, 2.75) is 30.2 Å². The Morgan fingerprint density at radius 3 is 2.63 bits per heavy atom. The van der Waals surface area contributed by atoms with Crippen LogP contribution in [0.1, 0.15) is 30.3 Å². The van der Waals surface area contributed by atoms with Crippen molar-refractivity contribution in [3.05, 3.63) is 18.0 Å². The lowest BCUT2D eigenvalue weighted by Gasteiger charge is -2.34. The number of halogens is 1. The maximum absolute atomic E-state index is 12.0. The van der Waals surface area contributed by atoms with E-state index in [1.54, 1.807) is 0 Å². The lowest BCUT2D eigenvalue weighted by molar-refractivity contribution is 0.0421. The molecular formula is C11H15ClN2O4S. The van der Waals surface area contributed by atoms with Crippen LogP contribution in [-0.2, 0) is 13.8 Å². The highest BCUT2D eigenvalue weighted by atomic mass is 35.7. The van der Waals surface area contributed by atoms with Crippen molar-refractivity contribution in [3.63, 3.8) is 0 Å². The molecule has 0 aromatic carbocycles. The lowest BCUT2D eigenvalue weighted by Crippen LogP contribution is -2.49. The summed E-state index contributed by atoms with van der Waals surface area (Å²) in [7, 11) is 1.38. The summed E-state index contributed by atoms with van der Waals surface area (Å²) in [5, 5.41) is 2.89. The summed E-state index contributed by atoms with van der Waals surface area (Å²) < 4.78 is 27.5. The molecule has 2 N–H and O–H groups in total. The first-order valence-corrected chi connectivity index (χ1v) is 8.14. The molecule has 0 saturated carbocycles. The zero-order valence-corrected chi connectivity index (χ0v) is 12.0. The molecule has 0 radical (unpaired) electrons. The van der Waals surface area contributed by atoms with E-state index >= 15 is 0 Å². The fourth-order valence-corrected chi connectivity index (χ4v) is 2.66. The number of amides is 1. The molecule has 2 heterocycles. The van der Waals surface area contributed by atoms with Gasteiger partial charge in [-0.05, 0) is 25.8 Å². The number of aromatic nitrogens is 1. The number of H-pyrrole nitrogens is 1. The van der Waals surface area contributed by atoms with E-state index in [1.807, 2.05) is 6.92 Å². The van der Waals surface area contributed by atoms with Crippen molar-refractivity contribution in [3.8, 4) is 0 Å². The van der Waals surface area contributed by atoms with E-state index in [9.17, 15) is 13.2 Å². The molecule has 8 heteroatoms. The average Bonchev–Trinajstić information content (AvgIpc) is 2.78. The molecule has 1 amide bonds. The molecule has 0 aliphatic carbocycles. The summed E-state index contributed by atoms with van der Waals surface area (Å²) in [5.74, 6) is -0.351. The van der Waals surface area contributed by atoms with E-state index < -0.39 is 9.05 Å². The summed E-state index contributed by atoms with van der Waals surface area (Å²) in [6, 6.07) is 1.22. The molecule has 1 saturated heterocycles. The molecule has 1 aliphatic heterocycles. The smallest absolute Gasteiger partial charge is 0.268 e. The number of carbonyl (C=O) groups excluding carboxylic acids is 1. The third-order valence-corrected chi connectivity index (χ3v) is 4.53. The van der Waals surface area contributed by atoms with Gasteiger partial charge in [-0.3, -0.25) is 4.79 Å². The van der Waals surface area contributed by atoms with Crippen molar-refractivity contribution in [2.24, 2.45) is 0 Å². The van der Waals surface area contributed by atoms with Gasteiger partial charge in [0, 0.05) is 35.6 Å². The van der Waals surface area contributed by atoms with E-state index in [2.05, 4.69) is 10.3 Å². The van der Waals surface area contributed by atoms with Crippen LogP contribution in [-0.4, -0.2) is 38.1 Å².